The summed E-state index contributed by atoms with van der Waals surface area (Å²) in [4.78, 5) is 12.0. The molecular weight excluding hydrogens is 236 g/mol. The van der Waals surface area contributed by atoms with Crippen molar-refractivity contribution in [3.05, 3.63) is 0 Å². The molecule has 1 aliphatic rings. The Morgan fingerprint density at radius 1 is 1.47 bits per heavy atom. The maximum absolute atomic E-state index is 12.2. The summed E-state index contributed by atoms with van der Waals surface area (Å²) >= 11 is 0. The number of aliphatic hydroxyl groups excluding tert-OH is 1. The van der Waals surface area contributed by atoms with Gasteiger partial charge in [0.25, 0.3) is 6.43 Å². The number of rotatable bonds is 7. The zero-order chi connectivity index (χ0) is 12.8. The van der Waals surface area contributed by atoms with Crippen molar-refractivity contribution < 1.29 is 28.5 Å². The Morgan fingerprint density at radius 3 is 2.65 bits per heavy atom. The summed E-state index contributed by atoms with van der Waals surface area (Å²) < 4.78 is 29.7. The van der Waals surface area contributed by atoms with E-state index in [2.05, 4.69) is 0 Å². The smallest absolute Gasteiger partial charge is 0.332 e. The number of carbonyl (C=O) groups is 1. The Morgan fingerprint density at radius 2 is 2.18 bits per heavy atom. The van der Waals surface area contributed by atoms with Crippen molar-refractivity contribution in [2.75, 3.05) is 26.2 Å². The summed E-state index contributed by atoms with van der Waals surface area (Å²) in [5, 5.41) is 17.5. The number of ether oxygens (including phenoxy) is 1. The van der Waals surface area contributed by atoms with Crippen LogP contribution in [0.4, 0.5) is 8.78 Å². The van der Waals surface area contributed by atoms with E-state index in [0.717, 1.165) is 0 Å². The van der Waals surface area contributed by atoms with Gasteiger partial charge in [-0.2, -0.15) is 0 Å². The summed E-state index contributed by atoms with van der Waals surface area (Å²) in [6.07, 6.45) is -2.70. The van der Waals surface area contributed by atoms with Crippen LogP contribution in [-0.2, 0) is 9.53 Å². The van der Waals surface area contributed by atoms with Gasteiger partial charge >= 0.3 is 5.97 Å². The van der Waals surface area contributed by atoms with Crippen molar-refractivity contribution in [3.63, 3.8) is 0 Å². The third-order valence-corrected chi connectivity index (χ3v) is 2.66. The SMILES string of the molecule is O=C(O)C1CCC(CN(CCO)CC(F)F)O1. The van der Waals surface area contributed by atoms with Crippen molar-refractivity contribution in [2.45, 2.75) is 31.5 Å². The monoisotopic (exact) mass is 253 g/mol. The number of hydrogen-bond acceptors (Lipinski definition) is 4. The van der Waals surface area contributed by atoms with Gasteiger partial charge in [0.2, 0.25) is 0 Å². The molecule has 0 aromatic heterocycles. The Balaban J connectivity index is 2.37. The van der Waals surface area contributed by atoms with Gasteiger partial charge in [0.05, 0.1) is 19.3 Å². The van der Waals surface area contributed by atoms with Crippen LogP contribution in [0, 0.1) is 0 Å². The van der Waals surface area contributed by atoms with E-state index in [1.54, 1.807) is 0 Å². The quantitative estimate of drug-likeness (QED) is 0.677. The maximum atomic E-state index is 12.2. The topological polar surface area (TPSA) is 70.0 Å². The number of alkyl halides is 2. The van der Waals surface area contributed by atoms with Crippen LogP contribution in [0.1, 0.15) is 12.8 Å². The maximum Gasteiger partial charge on any atom is 0.332 e. The Kier molecular flexibility index (Phi) is 5.73. The largest absolute Gasteiger partial charge is 0.479 e. The lowest BCUT2D eigenvalue weighted by Gasteiger charge is -2.24. The Labute approximate surface area is 98.0 Å². The van der Waals surface area contributed by atoms with Gasteiger partial charge < -0.3 is 14.9 Å². The number of halogens is 2. The highest BCUT2D eigenvalue weighted by molar-refractivity contribution is 5.72. The van der Waals surface area contributed by atoms with Gasteiger partial charge in [-0.1, -0.05) is 0 Å². The normalized spacial score (nSPS) is 24.8. The van der Waals surface area contributed by atoms with Gasteiger partial charge in [-0.25, -0.2) is 13.6 Å². The molecule has 1 fully saturated rings. The number of hydrogen-bond donors (Lipinski definition) is 2. The van der Waals surface area contributed by atoms with E-state index in [1.807, 2.05) is 0 Å². The van der Waals surface area contributed by atoms with E-state index < -0.39 is 25.0 Å². The molecule has 0 aromatic carbocycles. The number of aliphatic hydroxyl groups is 1. The van der Waals surface area contributed by atoms with Crippen molar-refractivity contribution in [2.24, 2.45) is 0 Å². The van der Waals surface area contributed by atoms with Crippen LogP contribution in [0.25, 0.3) is 0 Å². The van der Waals surface area contributed by atoms with Gasteiger partial charge in [-0.3, -0.25) is 4.90 Å². The fourth-order valence-electron chi connectivity index (χ4n) is 1.90. The summed E-state index contributed by atoms with van der Waals surface area (Å²) in [5.41, 5.74) is 0. The lowest BCUT2D eigenvalue weighted by atomic mass is 10.2. The fourth-order valence-corrected chi connectivity index (χ4v) is 1.90. The first-order chi connectivity index (χ1) is 8.02. The molecule has 100 valence electrons. The molecule has 0 saturated carbocycles. The van der Waals surface area contributed by atoms with Crippen LogP contribution in [0.15, 0.2) is 0 Å². The molecule has 0 aliphatic carbocycles. The summed E-state index contributed by atoms with van der Waals surface area (Å²) in [6.45, 7) is -0.267. The predicted molar refractivity (Wildman–Crippen MR) is 55.1 cm³/mol. The van der Waals surface area contributed by atoms with Crippen molar-refractivity contribution in [1.82, 2.24) is 4.90 Å². The molecule has 1 rings (SSSR count). The number of carboxylic acid groups (broad SMARTS) is 1. The molecule has 0 radical (unpaired) electrons. The van der Waals surface area contributed by atoms with Crippen LogP contribution in [0.2, 0.25) is 0 Å². The second-order valence-corrected chi connectivity index (χ2v) is 4.04. The number of aliphatic carboxylic acids is 1. The molecule has 2 N–H and O–H groups in total. The molecule has 7 heteroatoms. The predicted octanol–water partition coefficient (Wildman–Crippen LogP) is 0.178. The Hall–Kier alpha value is -0.790. The third-order valence-electron chi connectivity index (χ3n) is 2.66. The van der Waals surface area contributed by atoms with E-state index in [0.29, 0.717) is 12.8 Å². The summed E-state index contributed by atoms with van der Waals surface area (Å²) in [6, 6.07) is 0. The molecule has 0 amide bonds. The highest BCUT2D eigenvalue weighted by Crippen LogP contribution is 2.20. The number of nitrogens with zero attached hydrogens (tertiary/aromatic N) is 1. The molecule has 1 saturated heterocycles. The molecular formula is C10H17F2NO4. The molecule has 0 bridgehead atoms. The fraction of sp³-hybridized carbons (Fsp3) is 0.900. The zero-order valence-corrected chi connectivity index (χ0v) is 9.39. The molecule has 1 aliphatic heterocycles. The average Bonchev–Trinajstić information content (AvgIpc) is 2.65. The van der Waals surface area contributed by atoms with Crippen molar-refractivity contribution in [3.8, 4) is 0 Å². The molecule has 1 heterocycles. The molecule has 2 atom stereocenters. The highest BCUT2D eigenvalue weighted by atomic mass is 19.3. The van der Waals surface area contributed by atoms with Crippen LogP contribution < -0.4 is 0 Å². The molecule has 2 unspecified atom stereocenters. The molecule has 0 spiro atoms. The first kappa shape index (κ1) is 14.3. The van der Waals surface area contributed by atoms with Gasteiger partial charge in [-0.05, 0) is 12.8 Å². The van der Waals surface area contributed by atoms with Gasteiger partial charge in [0.1, 0.15) is 0 Å². The summed E-state index contributed by atoms with van der Waals surface area (Å²) in [5.74, 6) is -1.02. The van der Waals surface area contributed by atoms with Gasteiger partial charge in [-0.15, -0.1) is 0 Å². The Bertz CT molecular complexity index is 252. The van der Waals surface area contributed by atoms with E-state index in [-0.39, 0.29) is 25.8 Å². The van der Waals surface area contributed by atoms with Gasteiger partial charge in [0, 0.05) is 13.1 Å². The minimum Gasteiger partial charge on any atom is -0.479 e. The minimum atomic E-state index is -2.47. The first-order valence-corrected chi connectivity index (χ1v) is 5.52. The second-order valence-electron chi connectivity index (χ2n) is 4.04. The molecule has 5 nitrogen and oxygen atoms in total. The first-order valence-electron chi connectivity index (χ1n) is 5.52. The molecule has 0 aromatic rings. The van der Waals surface area contributed by atoms with Crippen LogP contribution >= 0.6 is 0 Å². The average molecular weight is 253 g/mol. The summed E-state index contributed by atoms with van der Waals surface area (Å²) in [7, 11) is 0. The standard InChI is InChI=1S/C10H17F2NO4/c11-9(12)6-13(3-4-14)5-7-1-2-8(17-7)10(15)16/h7-9,14H,1-6H2,(H,15,16). The van der Waals surface area contributed by atoms with E-state index in [4.69, 9.17) is 14.9 Å². The van der Waals surface area contributed by atoms with Crippen LogP contribution in [-0.4, -0.2) is 66.0 Å². The lowest BCUT2D eigenvalue weighted by molar-refractivity contribution is -0.149. The third kappa shape index (κ3) is 4.93. The van der Waals surface area contributed by atoms with E-state index in [9.17, 15) is 13.6 Å². The zero-order valence-electron chi connectivity index (χ0n) is 9.39. The van der Waals surface area contributed by atoms with Crippen molar-refractivity contribution >= 4 is 5.97 Å². The number of carboxylic acids is 1. The van der Waals surface area contributed by atoms with Crippen LogP contribution in [0.5, 0.6) is 0 Å². The minimum absolute atomic E-state index is 0.141. The second kappa shape index (κ2) is 6.83. The van der Waals surface area contributed by atoms with E-state index >= 15 is 0 Å². The lowest BCUT2D eigenvalue weighted by Crippen LogP contribution is -2.38. The highest BCUT2D eigenvalue weighted by Gasteiger charge is 2.31. The van der Waals surface area contributed by atoms with Gasteiger partial charge in [0.15, 0.2) is 6.10 Å². The molecule has 17 heavy (non-hydrogen) atoms. The van der Waals surface area contributed by atoms with E-state index in [1.165, 1.54) is 4.90 Å². The van der Waals surface area contributed by atoms with Crippen molar-refractivity contribution in [1.29, 1.82) is 0 Å². The van der Waals surface area contributed by atoms with Crippen LogP contribution in [0.3, 0.4) is 0 Å².